The number of nitrogen functional groups attached to an aromatic ring is 1. The van der Waals surface area contributed by atoms with E-state index in [9.17, 15) is 19.5 Å². The maximum absolute atomic E-state index is 14.3. The zero-order chi connectivity index (χ0) is 44.6. The van der Waals surface area contributed by atoms with E-state index in [0.717, 1.165) is 21.9 Å². The van der Waals surface area contributed by atoms with Gasteiger partial charge in [0.05, 0.1) is 67.3 Å². The van der Waals surface area contributed by atoms with Crippen LogP contribution in [0.3, 0.4) is 0 Å². The third-order valence-electron chi connectivity index (χ3n) is 9.42. The number of carboxylic acid groups (broad SMARTS) is 1. The molecule has 0 spiro atoms. The van der Waals surface area contributed by atoms with Crippen molar-refractivity contribution in [2.75, 3.05) is 63.1 Å². The van der Waals surface area contributed by atoms with Gasteiger partial charge in [0.15, 0.2) is 0 Å². The molecule has 0 radical (unpaired) electrons. The molecular weight excluding hydrogens is 807 g/mol. The Kier molecular flexibility index (Phi) is 16.3. The standard InChI is InChI=1S/C49H51N3O11/c1-32(2)63-46-27-38(49(55)56)16-18-41(46)51-48(54)39-28-45(62-31-34-13-14-35-11-7-8-12-36(35)25-34)42(29-43(39)60-24-23-59-22-21-58-20-19-57-3)52-47(53)37-15-17-40(50)44(26-37)61-30-33-9-5-4-6-10-33/h4-18,25-29,32H,19-24,30-31,50H2,1-3H3,(H,51,54)(H,52,53)(H,55,56). The summed E-state index contributed by atoms with van der Waals surface area (Å²) in [5.74, 6) is -1.54. The van der Waals surface area contributed by atoms with Crippen molar-refractivity contribution in [2.45, 2.75) is 33.2 Å². The highest BCUT2D eigenvalue weighted by Gasteiger charge is 2.23. The zero-order valence-electron chi connectivity index (χ0n) is 35.4. The van der Waals surface area contributed by atoms with Crippen LogP contribution in [0.5, 0.6) is 23.0 Å². The van der Waals surface area contributed by atoms with E-state index >= 15 is 0 Å². The smallest absolute Gasteiger partial charge is 0.335 e. The van der Waals surface area contributed by atoms with Crippen LogP contribution in [0, 0.1) is 0 Å². The minimum atomic E-state index is -1.15. The average molecular weight is 858 g/mol. The summed E-state index contributed by atoms with van der Waals surface area (Å²) in [6.07, 6.45) is -0.334. The van der Waals surface area contributed by atoms with Gasteiger partial charge in [0.2, 0.25) is 0 Å². The van der Waals surface area contributed by atoms with Gasteiger partial charge in [0, 0.05) is 18.7 Å². The normalized spacial score (nSPS) is 11.0. The summed E-state index contributed by atoms with van der Waals surface area (Å²) in [4.78, 5) is 40.2. The van der Waals surface area contributed by atoms with Gasteiger partial charge < -0.3 is 54.6 Å². The molecule has 63 heavy (non-hydrogen) atoms. The van der Waals surface area contributed by atoms with Gasteiger partial charge in [-0.05, 0) is 84.3 Å². The van der Waals surface area contributed by atoms with Crippen molar-refractivity contribution in [3.63, 3.8) is 0 Å². The molecule has 6 aromatic carbocycles. The van der Waals surface area contributed by atoms with Gasteiger partial charge in [-0.15, -0.1) is 0 Å². The fourth-order valence-corrected chi connectivity index (χ4v) is 6.27. The first-order valence-electron chi connectivity index (χ1n) is 20.4. The number of hydrogen-bond acceptors (Lipinski definition) is 11. The summed E-state index contributed by atoms with van der Waals surface area (Å²) in [5, 5.41) is 17.5. The van der Waals surface area contributed by atoms with Gasteiger partial charge in [0.1, 0.15) is 42.8 Å². The number of benzene rings is 6. The fraction of sp³-hybridized carbons (Fsp3) is 0.245. The van der Waals surface area contributed by atoms with Crippen LogP contribution >= 0.6 is 0 Å². The Bertz CT molecular complexity index is 2490. The molecule has 5 N–H and O–H groups in total. The molecule has 0 unspecified atom stereocenters. The second kappa shape index (κ2) is 22.6. The zero-order valence-corrected chi connectivity index (χ0v) is 35.4. The summed E-state index contributed by atoms with van der Waals surface area (Å²) >= 11 is 0. The minimum Gasteiger partial charge on any atom is -0.490 e. The van der Waals surface area contributed by atoms with Gasteiger partial charge in [-0.2, -0.15) is 0 Å². The molecule has 0 atom stereocenters. The van der Waals surface area contributed by atoms with Crippen molar-refractivity contribution >= 4 is 45.6 Å². The summed E-state index contributed by atoms with van der Waals surface area (Å²) in [5.41, 5.74) is 9.09. The molecule has 0 aliphatic rings. The quantitative estimate of drug-likeness (QED) is 0.0356. The number of hydrogen-bond donors (Lipinski definition) is 4. The van der Waals surface area contributed by atoms with Crippen molar-refractivity contribution in [3.8, 4) is 23.0 Å². The van der Waals surface area contributed by atoms with E-state index in [4.69, 9.17) is 38.9 Å². The number of anilines is 3. The lowest BCUT2D eigenvalue weighted by atomic mass is 10.1. The molecule has 0 saturated heterocycles. The lowest BCUT2D eigenvalue weighted by Crippen LogP contribution is -2.19. The van der Waals surface area contributed by atoms with Crippen molar-refractivity contribution in [1.82, 2.24) is 0 Å². The SMILES string of the molecule is COCCOCCOCCOc1cc(NC(=O)c2ccc(N)c(OCc3ccccc3)c2)c(OCc2ccc3ccccc3c2)cc1C(=O)Nc1ccc(C(=O)O)cc1OC(C)C. The summed E-state index contributed by atoms with van der Waals surface area (Å²) in [6.45, 7) is 5.61. The van der Waals surface area contributed by atoms with Crippen molar-refractivity contribution in [1.29, 1.82) is 0 Å². The average Bonchev–Trinajstić information content (AvgIpc) is 3.28. The maximum atomic E-state index is 14.3. The molecule has 2 amide bonds. The largest absolute Gasteiger partial charge is 0.490 e. The highest BCUT2D eigenvalue weighted by atomic mass is 16.6. The van der Waals surface area contributed by atoms with E-state index in [2.05, 4.69) is 10.6 Å². The maximum Gasteiger partial charge on any atom is 0.335 e. The van der Waals surface area contributed by atoms with Crippen LogP contribution in [0.2, 0.25) is 0 Å². The second-order valence-corrected chi connectivity index (χ2v) is 14.5. The minimum absolute atomic E-state index is 0.0165. The van der Waals surface area contributed by atoms with Crippen LogP contribution in [0.15, 0.2) is 121 Å². The Balaban J connectivity index is 1.33. The number of methoxy groups -OCH3 is 1. The summed E-state index contributed by atoms with van der Waals surface area (Å²) in [7, 11) is 1.59. The lowest BCUT2D eigenvalue weighted by Gasteiger charge is -2.20. The van der Waals surface area contributed by atoms with Crippen LogP contribution < -0.4 is 35.3 Å². The monoisotopic (exact) mass is 857 g/mol. The Morgan fingerprint density at radius 3 is 1.97 bits per heavy atom. The van der Waals surface area contributed by atoms with Gasteiger partial charge >= 0.3 is 5.97 Å². The number of carbonyl (C=O) groups is 3. The molecule has 14 heteroatoms. The van der Waals surface area contributed by atoms with Crippen LogP contribution in [0.25, 0.3) is 10.8 Å². The molecule has 0 aliphatic carbocycles. The van der Waals surface area contributed by atoms with E-state index in [-0.39, 0.29) is 77.8 Å². The number of carbonyl (C=O) groups excluding carboxylic acids is 2. The molecule has 6 aromatic rings. The fourth-order valence-electron chi connectivity index (χ4n) is 6.27. The first-order chi connectivity index (χ1) is 30.6. The molecule has 328 valence electrons. The molecule has 0 bridgehead atoms. The van der Waals surface area contributed by atoms with Gasteiger partial charge in [-0.25, -0.2) is 4.79 Å². The highest BCUT2D eigenvalue weighted by molar-refractivity contribution is 6.10. The van der Waals surface area contributed by atoms with Crippen LogP contribution in [-0.4, -0.2) is 75.7 Å². The number of nitrogens with one attached hydrogen (secondary N) is 2. The number of amides is 2. The Labute approximate surface area is 365 Å². The van der Waals surface area contributed by atoms with E-state index in [1.807, 2.05) is 72.8 Å². The molecule has 6 rings (SSSR count). The third-order valence-corrected chi connectivity index (χ3v) is 9.42. The van der Waals surface area contributed by atoms with E-state index in [1.165, 1.54) is 30.3 Å². The number of carboxylic acids is 1. The van der Waals surface area contributed by atoms with E-state index in [0.29, 0.717) is 37.9 Å². The van der Waals surface area contributed by atoms with Crippen molar-refractivity contribution in [2.24, 2.45) is 0 Å². The van der Waals surface area contributed by atoms with Crippen LogP contribution in [0.1, 0.15) is 56.0 Å². The molecule has 14 nitrogen and oxygen atoms in total. The van der Waals surface area contributed by atoms with E-state index < -0.39 is 17.8 Å². The molecule has 0 saturated carbocycles. The Hall–Kier alpha value is -7.13. The molecule has 0 aromatic heterocycles. The van der Waals surface area contributed by atoms with E-state index in [1.54, 1.807) is 39.2 Å². The topological polar surface area (TPSA) is 186 Å². The molecule has 0 aliphatic heterocycles. The first kappa shape index (κ1) is 45.4. The summed E-state index contributed by atoms with van der Waals surface area (Å²) < 4.78 is 40.7. The van der Waals surface area contributed by atoms with Crippen LogP contribution in [-0.2, 0) is 27.4 Å². The number of ether oxygens (including phenoxy) is 7. The number of rotatable bonds is 23. The van der Waals surface area contributed by atoms with Gasteiger partial charge in [0.25, 0.3) is 11.8 Å². The Morgan fingerprint density at radius 2 is 1.22 bits per heavy atom. The third kappa shape index (κ3) is 13.2. The van der Waals surface area contributed by atoms with Crippen molar-refractivity contribution < 1.29 is 52.6 Å². The molecule has 0 fully saturated rings. The van der Waals surface area contributed by atoms with Gasteiger partial charge in [-0.3, -0.25) is 9.59 Å². The number of aromatic carboxylic acids is 1. The molecular formula is C49H51N3O11. The van der Waals surface area contributed by atoms with Crippen molar-refractivity contribution in [3.05, 3.63) is 149 Å². The predicted molar refractivity (Wildman–Crippen MR) is 240 cm³/mol. The van der Waals surface area contributed by atoms with Crippen LogP contribution in [0.4, 0.5) is 17.1 Å². The predicted octanol–water partition coefficient (Wildman–Crippen LogP) is 8.63. The first-order valence-corrected chi connectivity index (χ1v) is 20.4. The van der Waals surface area contributed by atoms with Gasteiger partial charge in [-0.1, -0.05) is 66.7 Å². The number of fused-ring (bicyclic) bond motifs is 1. The number of nitrogens with two attached hydrogens (primary N) is 1. The lowest BCUT2D eigenvalue weighted by molar-refractivity contribution is 0.0179. The molecule has 0 heterocycles. The summed E-state index contributed by atoms with van der Waals surface area (Å²) in [6, 6.07) is 35.3. The highest BCUT2D eigenvalue weighted by Crippen LogP contribution is 2.37. The second-order valence-electron chi connectivity index (χ2n) is 14.5. The Morgan fingerprint density at radius 1 is 0.571 bits per heavy atom.